The van der Waals surface area contributed by atoms with Gasteiger partial charge in [0, 0.05) is 12.2 Å². The van der Waals surface area contributed by atoms with Gasteiger partial charge in [-0.1, -0.05) is 6.07 Å². The van der Waals surface area contributed by atoms with E-state index in [1.165, 1.54) is 0 Å². The summed E-state index contributed by atoms with van der Waals surface area (Å²) in [5.74, 6) is 1.03. The predicted octanol–water partition coefficient (Wildman–Crippen LogP) is 2.52. The molecule has 27 heavy (non-hydrogen) atoms. The largest absolute Gasteiger partial charge is 0.496 e. The summed E-state index contributed by atoms with van der Waals surface area (Å²) < 4.78 is 5.57. The molecule has 1 amide bonds. The minimum atomic E-state index is -0.531. The van der Waals surface area contributed by atoms with Crippen molar-refractivity contribution in [2.45, 2.75) is 38.1 Å². The first-order chi connectivity index (χ1) is 13.0. The molecule has 1 fully saturated rings. The van der Waals surface area contributed by atoms with Crippen molar-refractivity contribution < 1.29 is 9.53 Å². The van der Waals surface area contributed by atoms with Crippen molar-refractivity contribution in [1.29, 1.82) is 0 Å². The van der Waals surface area contributed by atoms with E-state index in [4.69, 9.17) is 16.2 Å². The van der Waals surface area contributed by atoms with Gasteiger partial charge in [0.15, 0.2) is 0 Å². The first-order valence-electron chi connectivity index (χ1n) is 9.33. The molecule has 144 valence electrons. The fourth-order valence-electron chi connectivity index (χ4n) is 4.06. The number of nitrogens with one attached hydrogen (secondary N) is 1. The van der Waals surface area contributed by atoms with Crippen molar-refractivity contribution >= 4 is 11.7 Å². The van der Waals surface area contributed by atoms with Crippen LogP contribution in [0.2, 0.25) is 0 Å². The van der Waals surface area contributed by atoms with Crippen molar-refractivity contribution in [2.24, 2.45) is 11.1 Å². The molecule has 3 rings (SSSR count). The van der Waals surface area contributed by atoms with Crippen LogP contribution in [0.25, 0.3) is 11.1 Å². The maximum absolute atomic E-state index is 12.4. The number of aromatic nitrogens is 1. The highest BCUT2D eigenvalue weighted by atomic mass is 16.5. The fraction of sp³-hybridized carbons (Fsp3) is 0.429. The van der Waals surface area contributed by atoms with Crippen LogP contribution in [0, 0.1) is 5.41 Å². The number of anilines is 1. The van der Waals surface area contributed by atoms with Crippen molar-refractivity contribution in [3.8, 4) is 16.9 Å². The van der Waals surface area contributed by atoms with Gasteiger partial charge in [0.05, 0.1) is 12.5 Å². The maximum Gasteiger partial charge on any atom is 0.223 e. The van der Waals surface area contributed by atoms with Gasteiger partial charge in [-0.2, -0.15) is 0 Å². The van der Waals surface area contributed by atoms with Gasteiger partial charge in [0.2, 0.25) is 5.91 Å². The molecule has 6 nitrogen and oxygen atoms in total. The van der Waals surface area contributed by atoms with Crippen LogP contribution in [-0.2, 0) is 11.2 Å². The maximum atomic E-state index is 12.4. The molecular weight excluding hydrogens is 340 g/mol. The van der Waals surface area contributed by atoms with Gasteiger partial charge in [0.25, 0.3) is 0 Å². The minimum Gasteiger partial charge on any atom is -0.496 e. The Hall–Kier alpha value is -2.60. The van der Waals surface area contributed by atoms with E-state index in [-0.39, 0.29) is 5.91 Å². The highest BCUT2D eigenvalue weighted by Crippen LogP contribution is 2.41. The zero-order valence-electron chi connectivity index (χ0n) is 16.0. The summed E-state index contributed by atoms with van der Waals surface area (Å²) in [7, 11) is 3.62. The zero-order chi connectivity index (χ0) is 19.4. The molecule has 0 spiro atoms. The van der Waals surface area contributed by atoms with Crippen LogP contribution in [-0.4, -0.2) is 31.1 Å². The summed E-state index contributed by atoms with van der Waals surface area (Å²) in [6.07, 6.45) is 5.73. The Morgan fingerprint density at radius 2 is 1.96 bits per heavy atom. The number of nitrogens with zero attached hydrogens (tertiary/aromatic N) is 1. The number of carbonyl (C=O) groups excluding carboxylic acids is 1. The number of benzene rings is 1. The van der Waals surface area contributed by atoms with Gasteiger partial charge < -0.3 is 21.5 Å². The topological polar surface area (TPSA) is 103 Å². The molecule has 1 aliphatic carbocycles. The smallest absolute Gasteiger partial charge is 0.223 e. The molecule has 1 aromatic heterocycles. The lowest BCUT2D eigenvalue weighted by Gasteiger charge is -2.38. The van der Waals surface area contributed by atoms with Gasteiger partial charge in [-0.25, -0.2) is 4.98 Å². The van der Waals surface area contributed by atoms with E-state index in [1.54, 1.807) is 13.3 Å². The van der Waals surface area contributed by atoms with Crippen LogP contribution in [0.15, 0.2) is 36.5 Å². The Morgan fingerprint density at radius 1 is 1.26 bits per heavy atom. The fourth-order valence-corrected chi connectivity index (χ4v) is 4.06. The number of rotatable bonds is 6. The second-order valence-corrected chi connectivity index (χ2v) is 7.38. The average Bonchev–Trinajstić information content (AvgIpc) is 2.68. The third-order valence-electron chi connectivity index (χ3n) is 5.80. The van der Waals surface area contributed by atoms with E-state index in [9.17, 15) is 4.79 Å². The summed E-state index contributed by atoms with van der Waals surface area (Å²) in [5.41, 5.74) is 14.2. The van der Waals surface area contributed by atoms with Gasteiger partial charge in [-0.3, -0.25) is 4.79 Å². The number of nitrogens with two attached hydrogens (primary N) is 2. The monoisotopic (exact) mass is 368 g/mol. The molecule has 1 aromatic carbocycles. The average molecular weight is 368 g/mol. The van der Waals surface area contributed by atoms with Crippen LogP contribution < -0.4 is 21.5 Å². The van der Waals surface area contributed by atoms with Crippen LogP contribution >= 0.6 is 0 Å². The molecule has 0 aliphatic heterocycles. The Labute approximate surface area is 160 Å². The highest BCUT2D eigenvalue weighted by molar-refractivity contribution is 5.81. The number of amides is 1. The van der Waals surface area contributed by atoms with Crippen LogP contribution in [0.5, 0.6) is 5.75 Å². The molecule has 0 bridgehead atoms. The molecule has 0 atom stereocenters. The van der Waals surface area contributed by atoms with Crippen molar-refractivity contribution in [3.05, 3.63) is 42.1 Å². The molecule has 0 radical (unpaired) electrons. The second kappa shape index (κ2) is 7.96. The lowest BCUT2D eigenvalue weighted by atomic mass is 9.68. The normalized spacial score (nSPS) is 22.4. The van der Waals surface area contributed by atoms with Crippen LogP contribution in [0.4, 0.5) is 5.82 Å². The summed E-state index contributed by atoms with van der Waals surface area (Å²) in [4.78, 5) is 16.5. The van der Waals surface area contributed by atoms with Gasteiger partial charge in [-0.15, -0.1) is 0 Å². The Balaban J connectivity index is 1.94. The lowest BCUT2D eigenvalue weighted by Crippen LogP contribution is -2.45. The van der Waals surface area contributed by atoms with Gasteiger partial charge in [-0.05, 0) is 80.1 Å². The second-order valence-electron chi connectivity index (χ2n) is 7.38. The van der Waals surface area contributed by atoms with Crippen LogP contribution in [0.1, 0.15) is 31.2 Å². The first kappa shape index (κ1) is 19.2. The number of nitrogen functional groups attached to an aromatic ring is 1. The van der Waals surface area contributed by atoms with E-state index in [1.807, 2.05) is 31.3 Å². The number of primary amides is 1. The highest BCUT2D eigenvalue weighted by Gasteiger charge is 2.40. The van der Waals surface area contributed by atoms with E-state index >= 15 is 0 Å². The van der Waals surface area contributed by atoms with E-state index in [2.05, 4.69) is 16.4 Å². The summed E-state index contributed by atoms with van der Waals surface area (Å²) in [5, 5.41) is 3.31. The van der Waals surface area contributed by atoms with E-state index in [0.717, 1.165) is 48.1 Å². The lowest BCUT2D eigenvalue weighted by molar-refractivity contribution is -0.129. The number of pyridine rings is 1. The minimum absolute atomic E-state index is 0.224. The van der Waals surface area contributed by atoms with Crippen molar-refractivity contribution in [1.82, 2.24) is 10.3 Å². The number of ether oxygens (including phenoxy) is 1. The Kier molecular flexibility index (Phi) is 5.65. The molecule has 0 unspecified atom stereocenters. The van der Waals surface area contributed by atoms with Gasteiger partial charge in [0.1, 0.15) is 11.6 Å². The molecule has 1 heterocycles. The standard InChI is InChI=1S/C21H28N4O2/c1-24-17-5-8-21(9-6-17,20(23)26)13-16-11-14(3-4-18(16)27-2)15-7-10-25-19(22)12-15/h3-4,7,10-12,17,24H,5-6,8-9,13H2,1-2H3,(H2,22,25)(H2,23,26). The quantitative estimate of drug-likeness (QED) is 0.727. The first-order valence-corrected chi connectivity index (χ1v) is 9.33. The molecule has 0 saturated heterocycles. The SMILES string of the molecule is CNC1CCC(Cc2cc(-c3ccnc(N)c3)ccc2OC)(C(N)=O)CC1. The van der Waals surface area contributed by atoms with Crippen molar-refractivity contribution in [3.63, 3.8) is 0 Å². The van der Waals surface area contributed by atoms with E-state index in [0.29, 0.717) is 18.3 Å². The third kappa shape index (κ3) is 4.06. The molecular formula is C21H28N4O2. The number of hydrogen-bond donors (Lipinski definition) is 3. The summed E-state index contributed by atoms with van der Waals surface area (Å²) in [6, 6.07) is 10.2. The molecule has 5 N–H and O–H groups in total. The van der Waals surface area contributed by atoms with Crippen LogP contribution in [0.3, 0.4) is 0 Å². The summed E-state index contributed by atoms with van der Waals surface area (Å²) >= 11 is 0. The third-order valence-corrected chi connectivity index (χ3v) is 5.80. The number of hydrogen-bond acceptors (Lipinski definition) is 5. The predicted molar refractivity (Wildman–Crippen MR) is 107 cm³/mol. The number of methoxy groups -OCH3 is 1. The number of carbonyl (C=O) groups is 1. The zero-order valence-corrected chi connectivity index (χ0v) is 16.0. The van der Waals surface area contributed by atoms with Gasteiger partial charge >= 0.3 is 0 Å². The molecule has 6 heteroatoms. The Morgan fingerprint density at radius 3 is 2.56 bits per heavy atom. The molecule has 2 aromatic rings. The van der Waals surface area contributed by atoms with E-state index < -0.39 is 5.41 Å². The van der Waals surface area contributed by atoms with Crippen molar-refractivity contribution in [2.75, 3.05) is 19.9 Å². The molecule has 1 saturated carbocycles. The molecule has 1 aliphatic rings. The Bertz CT molecular complexity index is 814. The summed E-state index contributed by atoms with van der Waals surface area (Å²) in [6.45, 7) is 0.